The van der Waals surface area contributed by atoms with Crippen LogP contribution in [0.4, 0.5) is 0 Å². The van der Waals surface area contributed by atoms with Crippen LogP contribution in [-0.2, 0) is 19.1 Å². The maximum absolute atomic E-state index is 13.3. The summed E-state index contributed by atoms with van der Waals surface area (Å²) in [5.74, 6) is 2.24. The topological polar surface area (TPSA) is 55.8 Å². The van der Waals surface area contributed by atoms with Crippen molar-refractivity contribution in [1.82, 2.24) is 4.90 Å². The Morgan fingerprint density at radius 2 is 1.57 bits per heavy atom. The monoisotopic (exact) mass is 323 g/mol. The SMILES string of the molecule is COCCN(CCC(=O)OC)C(=O)C12CC3CC(CC(C3)C1)C2. The van der Waals surface area contributed by atoms with Gasteiger partial charge in [0.1, 0.15) is 0 Å². The number of amides is 1. The molecule has 0 saturated heterocycles. The molecule has 130 valence electrons. The number of ether oxygens (including phenoxy) is 2. The van der Waals surface area contributed by atoms with Crippen LogP contribution < -0.4 is 0 Å². The molecule has 1 amide bonds. The predicted octanol–water partition coefficient (Wildman–Crippen LogP) is 2.24. The summed E-state index contributed by atoms with van der Waals surface area (Å²) < 4.78 is 9.89. The number of methoxy groups -OCH3 is 2. The first kappa shape index (κ1) is 16.7. The van der Waals surface area contributed by atoms with Crippen molar-refractivity contribution in [1.29, 1.82) is 0 Å². The second-order valence-corrected chi connectivity index (χ2v) is 7.81. The van der Waals surface area contributed by atoms with Gasteiger partial charge in [-0.05, 0) is 56.3 Å². The van der Waals surface area contributed by atoms with Gasteiger partial charge in [0.15, 0.2) is 0 Å². The molecule has 4 bridgehead atoms. The molecule has 4 rings (SSSR count). The first-order chi connectivity index (χ1) is 11.1. The lowest BCUT2D eigenvalue weighted by Gasteiger charge is -2.56. The van der Waals surface area contributed by atoms with E-state index < -0.39 is 0 Å². The average Bonchev–Trinajstić information content (AvgIpc) is 2.52. The molecule has 0 aromatic rings. The summed E-state index contributed by atoms with van der Waals surface area (Å²) in [6, 6.07) is 0. The highest BCUT2D eigenvalue weighted by molar-refractivity contribution is 5.84. The van der Waals surface area contributed by atoms with Gasteiger partial charge in [-0.2, -0.15) is 0 Å². The van der Waals surface area contributed by atoms with Gasteiger partial charge in [0.2, 0.25) is 5.91 Å². The number of hydrogen-bond acceptors (Lipinski definition) is 4. The van der Waals surface area contributed by atoms with Gasteiger partial charge in [0.05, 0.1) is 25.6 Å². The number of esters is 1. The molecule has 4 saturated carbocycles. The van der Waals surface area contributed by atoms with E-state index in [0.29, 0.717) is 19.7 Å². The molecule has 4 aliphatic rings. The van der Waals surface area contributed by atoms with E-state index in [2.05, 4.69) is 0 Å². The maximum Gasteiger partial charge on any atom is 0.307 e. The van der Waals surface area contributed by atoms with Crippen molar-refractivity contribution in [2.75, 3.05) is 33.9 Å². The lowest BCUT2D eigenvalue weighted by Crippen LogP contribution is -2.55. The van der Waals surface area contributed by atoms with Crippen LogP contribution >= 0.6 is 0 Å². The minimum absolute atomic E-state index is 0.154. The fourth-order valence-corrected chi connectivity index (χ4v) is 5.55. The van der Waals surface area contributed by atoms with Crippen LogP contribution in [0.2, 0.25) is 0 Å². The van der Waals surface area contributed by atoms with Gasteiger partial charge < -0.3 is 14.4 Å². The van der Waals surface area contributed by atoms with Crippen molar-refractivity contribution in [3.8, 4) is 0 Å². The highest BCUT2D eigenvalue weighted by atomic mass is 16.5. The van der Waals surface area contributed by atoms with E-state index in [9.17, 15) is 9.59 Å². The van der Waals surface area contributed by atoms with Crippen molar-refractivity contribution >= 4 is 11.9 Å². The standard InChI is InChI=1S/C18H29NO4/c1-22-6-5-19(4-3-16(20)23-2)17(21)18-10-13-7-14(11-18)9-15(8-13)12-18/h13-15H,3-12H2,1-2H3. The Kier molecular flexibility index (Phi) is 4.95. The zero-order valence-corrected chi connectivity index (χ0v) is 14.4. The van der Waals surface area contributed by atoms with Crippen LogP contribution in [-0.4, -0.2) is 50.7 Å². The Balaban J connectivity index is 1.70. The van der Waals surface area contributed by atoms with Crippen molar-refractivity contribution in [2.24, 2.45) is 23.2 Å². The van der Waals surface area contributed by atoms with Crippen LogP contribution in [0.3, 0.4) is 0 Å². The molecular formula is C18H29NO4. The van der Waals surface area contributed by atoms with Crippen LogP contribution in [0.15, 0.2) is 0 Å². The lowest BCUT2D eigenvalue weighted by atomic mass is 9.49. The summed E-state index contributed by atoms with van der Waals surface area (Å²) in [5, 5.41) is 0. The van der Waals surface area contributed by atoms with E-state index in [0.717, 1.165) is 37.0 Å². The molecule has 4 aliphatic carbocycles. The fourth-order valence-electron chi connectivity index (χ4n) is 5.55. The van der Waals surface area contributed by atoms with Crippen LogP contribution in [0.25, 0.3) is 0 Å². The number of rotatable bonds is 7. The Labute approximate surface area is 138 Å². The van der Waals surface area contributed by atoms with Gasteiger partial charge >= 0.3 is 5.97 Å². The molecule has 0 aliphatic heterocycles. The molecule has 23 heavy (non-hydrogen) atoms. The van der Waals surface area contributed by atoms with Gasteiger partial charge in [-0.3, -0.25) is 9.59 Å². The summed E-state index contributed by atoms with van der Waals surface area (Å²) in [6.45, 7) is 1.52. The molecule has 0 heterocycles. The summed E-state index contributed by atoms with van der Waals surface area (Å²) in [4.78, 5) is 26.6. The largest absolute Gasteiger partial charge is 0.469 e. The molecule has 5 nitrogen and oxygen atoms in total. The maximum atomic E-state index is 13.3. The number of carbonyl (C=O) groups excluding carboxylic acids is 2. The third-order valence-electron chi connectivity index (χ3n) is 6.16. The van der Waals surface area contributed by atoms with Crippen LogP contribution in [0.5, 0.6) is 0 Å². The number of nitrogens with zero attached hydrogens (tertiary/aromatic N) is 1. The first-order valence-corrected chi connectivity index (χ1v) is 8.91. The van der Waals surface area contributed by atoms with Gasteiger partial charge in [-0.25, -0.2) is 0 Å². The van der Waals surface area contributed by atoms with E-state index >= 15 is 0 Å². The van der Waals surface area contributed by atoms with Crippen molar-refractivity contribution in [2.45, 2.75) is 44.9 Å². The third kappa shape index (κ3) is 3.39. The number of carbonyl (C=O) groups is 2. The molecule has 0 spiro atoms. The Bertz CT molecular complexity index is 427. The summed E-state index contributed by atoms with van der Waals surface area (Å²) in [7, 11) is 3.04. The van der Waals surface area contributed by atoms with E-state index in [4.69, 9.17) is 9.47 Å². The molecule has 0 N–H and O–H groups in total. The van der Waals surface area contributed by atoms with Gasteiger partial charge in [0, 0.05) is 20.2 Å². The molecule has 5 heteroatoms. The Morgan fingerprint density at radius 3 is 2.04 bits per heavy atom. The van der Waals surface area contributed by atoms with Crippen LogP contribution in [0.1, 0.15) is 44.9 Å². The first-order valence-electron chi connectivity index (χ1n) is 8.91. The van der Waals surface area contributed by atoms with Crippen molar-refractivity contribution < 1.29 is 19.1 Å². The Morgan fingerprint density at radius 1 is 1.00 bits per heavy atom. The number of hydrogen-bond donors (Lipinski definition) is 0. The zero-order chi connectivity index (χ0) is 16.4. The zero-order valence-electron chi connectivity index (χ0n) is 14.4. The van der Waals surface area contributed by atoms with Gasteiger partial charge in [-0.1, -0.05) is 0 Å². The molecule has 0 atom stereocenters. The van der Waals surface area contributed by atoms with E-state index in [1.807, 2.05) is 4.90 Å². The minimum atomic E-state index is -0.259. The van der Waals surface area contributed by atoms with Gasteiger partial charge in [-0.15, -0.1) is 0 Å². The molecule has 0 unspecified atom stereocenters. The van der Waals surface area contributed by atoms with E-state index in [1.165, 1.54) is 26.4 Å². The average molecular weight is 323 g/mol. The summed E-state index contributed by atoms with van der Waals surface area (Å²) in [6.07, 6.45) is 7.41. The normalized spacial score (nSPS) is 34.4. The fraction of sp³-hybridized carbons (Fsp3) is 0.889. The predicted molar refractivity (Wildman–Crippen MR) is 85.7 cm³/mol. The minimum Gasteiger partial charge on any atom is -0.469 e. The van der Waals surface area contributed by atoms with Crippen LogP contribution in [0, 0.1) is 23.2 Å². The third-order valence-corrected chi connectivity index (χ3v) is 6.16. The van der Waals surface area contributed by atoms with E-state index in [-0.39, 0.29) is 23.7 Å². The van der Waals surface area contributed by atoms with Crippen molar-refractivity contribution in [3.05, 3.63) is 0 Å². The quantitative estimate of drug-likeness (QED) is 0.674. The Hall–Kier alpha value is -1.10. The molecule has 4 fully saturated rings. The van der Waals surface area contributed by atoms with Gasteiger partial charge in [0.25, 0.3) is 0 Å². The summed E-state index contributed by atoms with van der Waals surface area (Å²) >= 11 is 0. The molecule has 0 radical (unpaired) electrons. The van der Waals surface area contributed by atoms with E-state index in [1.54, 1.807) is 7.11 Å². The second kappa shape index (κ2) is 6.80. The molecule has 0 aromatic heterocycles. The summed E-state index contributed by atoms with van der Waals surface area (Å²) in [5.41, 5.74) is -0.154. The van der Waals surface area contributed by atoms with Crippen molar-refractivity contribution in [3.63, 3.8) is 0 Å². The second-order valence-electron chi connectivity index (χ2n) is 7.81. The lowest BCUT2D eigenvalue weighted by molar-refractivity contribution is -0.159. The highest BCUT2D eigenvalue weighted by Gasteiger charge is 2.55. The smallest absolute Gasteiger partial charge is 0.307 e. The molecule has 0 aromatic carbocycles. The molecular weight excluding hydrogens is 294 g/mol. The highest BCUT2D eigenvalue weighted by Crippen LogP contribution is 2.60.